The summed E-state index contributed by atoms with van der Waals surface area (Å²) in [4.78, 5) is 11.8. The molecule has 0 spiro atoms. The van der Waals surface area contributed by atoms with Gasteiger partial charge in [-0.15, -0.1) is 0 Å². The van der Waals surface area contributed by atoms with Crippen molar-refractivity contribution in [3.05, 3.63) is 0 Å². The maximum atomic E-state index is 11.8. The number of amides is 1. The smallest absolute Gasteiger partial charge is 0.223 e. The standard InChI is InChI=1S/C11H20N2O/c1-7(2)13-11(14)8-3-9-5-12-6-10(9)4-8/h7-10,12H,3-6H2,1-2H3,(H,13,14)/t8?,9-,10+. The van der Waals surface area contributed by atoms with E-state index in [0.717, 1.165) is 37.8 Å². The van der Waals surface area contributed by atoms with Crippen LogP contribution in [-0.4, -0.2) is 25.0 Å². The van der Waals surface area contributed by atoms with Crippen LogP contribution < -0.4 is 10.6 Å². The first-order chi connectivity index (χ1) is 6.66. The van der Waals surface area contributed by atoms with Crippen LogP contribution in [0.2, 0.25) is 0 Å². The first-order valence-electron chi connectivity index (χ1n) is 5.68. The molecule has 2 fully saturated rings. The second-order valence-corrected chi connectivity index (χ2v) is 5.01. The molecule has 0 bridgehead atoms. The second kappa shape index (κ2) is 3.89. The minimum atomic E-state index is 0.273. The monoisotopic (exact) mass is 196 g/mol. The van der Waals surface area contributed by atoms with E-state index in [0.29, 0.717) is 0 Å². The van der Waals surface area contributed by atoms with E-state index in [2.05, 4.69) is 10.6 Å². The van der Waals surface area contributed by atoms with Crippen LogP contribution in [-0.2, 0) is 4.79 Å². The van der Waals surface area contributed by atoms with Gasteiger partial charge < -0.3 is 10.6 Å². The zero-order valence-electron chi connectivity index (χ0n) is 9.05. The molecule has 14 heavy (non-hydrogen) atoms. The van der Waals surface area contributed by atoms with Gasteiger partial charge >= 0.3 is 0 Å². The minimum Gasteiger partial charge on any atom is -0.354 e. The van der Waals surface area contributed by atoms with Crippen LogP contribution in [0.1, 0.15) is 26.7 Å². The molecule has 1 saturated heterocycles. The van der Waals surface area contributed by atoms with E-state index in [4.69, 9.17) is 0 Å². The van der Waals surface area contributed by atoms with Crippen molar-refractivity contribution in [2.75, 3.05) is 13.1 Å². The van der Waals surface area contributed by atoms with E-state index in [1.807, 2.05) is 13.8 Å². The van der Waals surface area contributed by atoms with Crippen LogP contribution in [0.5, 0.6) is 0 Å². The molecule has 0 aromatic rings. The van der Waals surface area contributed by atoms with Crippen molar-refractivity contribution >= 4 is 5.91 Å². The summed E-state index contributed by atoms with van der Waals surface area (Å²) < 4.78 is 0. The molecule has 1 heterocycles. The van der Waals surface area contributed by atoms with E-state index < -0.39 is 0 Å². The van der Waals surface area contributed by atoms with Gasteiger partial charge in [0.2, 0.25) is 5.91 Å². The average Bonchev–Trinajstić information content (AvgIpc) is 2.58. The summed E-state index contributed by atoms with van der Waals surface area (Å²) >= 11 is 0. The fraction of sp³-hybridized carbons (Fsp3) is 0.909. The number of hydrogen-bond donors (Lipinski definition) is 2. The predicted octanol–water partition coefficient (Wildman–Crippen LogP) is 0.757. The van der Waals surface area contributed by atoms with E-state index >= 15 is 0 Å². The molecule has 1 saturated carbocycles. The van der Waals surface area contributed by atoms with E-state index in [1.54, 1.807) is 0 Å². The molecule has 1 aliphatic carbocycles. The van der Waals surface area contributed by atoms with Crippen molar-refractivity contribution in [2.24, 2.45) is 17.8 Å². The first-order valence-corrected chi connectivity index (χ1v) is 5.68. The van der Waals surface area contributed by atoms with Crippen molar-refractivity contribution in [1.82, 2.24) is 10.6 Å². The number of hydrogen-bond acceptors (Lipinski definition) is 2. The summed E-state index contributed by atoms with van der Waals surface area (Å²) in [6, 6.07) is 0.279. The molecule has 0 aromatic heterocycles. The summed E-state index contributed by atoms with van der Waals surface area (Å²) in [5.41, 5.74) is 0. The Labute approximate surface area is 85.6 Å². The lowest BCUT2D eigenvalue weighted by Gasteiger charge is -2.14. The van der Waals surface area contributed by atoms with Gasteiger partial charge in [0.1, 0.15) is 0 Å². The van der Waals surface area contributed by atoms with Gasteiger partial charge in [-0.25, -0.2) is 0 Å². The molecule has 1 aliphatic heterocycles. The van der Waals surface area contributed by atoms with Gasteiger partial charge in [-0.1, -0.05) is 0 Å². The van der Waals surface area contributed by atoms with Crippen LogP contribution in [0.4, 0.5) is 0 Å². The lowest BCUT2D eigenvalue weighted by Crippen LogP contribution is -2.35. The zero-order valence-corrected chi connectivity index (χ0v) is 9.05. The second-order valence-electron chi connectivity index (χ2n) is 5.01. The van der Waals surface area contributed by atoms with Crippen LogP contribution in [0.3, 0.4) is 0 Å². The summed E-state index contributed by atoms with van der Waals surface area (Å²) in [5, 5.41) is 6.41. The lowest BCUT2D eigenvalue weighted by atomic mass is 10.0. The highest BCUT2D eigenvalue weighted by Crippen LogP contribution is 2.38. The third-order valence-corrected chi connectivity index (χ3v) is 3.46. The van der Waals surface area contributed by atoms with Crippen LogP contribution in [0, 0.1) is 17.8 Å². The normalized spacial score (nSPS) is 36.1. The fourth-order valence-electron chi connectivity index (χ4n) is 2.78. The molecule has 1 unspecified atom stereocenters. The molecule has 1 amide bonds. The topological polar surface area (TPSA) is 41.1 Å². The van der Waals surface area contributed by atoms with Crippen LogP contribution >= 0.6 is 0 Å². The largest absolute Gasteiger partial charge is 0.354 e. The molecule has 0 aromatic carbocycles. The highest BCUT2D eigenvalue weighted by atomic mass is 16.1. The zero-order chi connectivity index (χ0) is 10.1. The Bertz CT molecular complexity index is 215. The number of fused-ring (bicyclic) bond motifs is 1. The Hall–Kier alpha value is -0.570. The highest BCUT2D eigenvalue weighted by Gasteiger charge is 2.40. The Morgan fingerprint density at radius 1 is 1.29 bits per heavy atom. The van der Waals surface area contributed by atoms with Gasteiger partial charge in [0.15, 0.2) is 0 Å². The van der Waals surface area contributed by atoms with E-state index in [9.17, 15) is 4.79 Å². The van der Waals surface area contributed by atoms with Crippen LogP contribution in [0.15, 0.2) is 0 Å². The van der Waals surface area contributed by atoms with Crippen molar-refractivity contribution in [3.63, 3.8) is 0 Å². The number of rotatable bonds is 2. The Morgan fingerprint density at radius 3 is 2.36 bits per heavy atom. The van der Waals surface area contributed by atoms with Gasteiger partial charge in [0, 0.05) is 12.0 Å². The van der Waals surface area contributed by atoms with Gasteiger partial charge in [-0.3, -0.25) is 4.79 Å². The van der Waals surface area contributed by atoms with Crippen molar-refractivity contribution in [2.45, 2.75) is 32.7 Å². The van der Waals surface area contributed by atoms with E-state index in [-0.39, 0.29) is 17.9 Å². The van der Waals surface area contributed by atoms with Crippen molar-refractivity contribution < 1.29 is 4.79 Å². The summed E-state index contributed by atoms with van der Waals surface area (Å²) in [7, 11) is 0. The molecule has 2 aliphatic rings. The molecule has 3 nitrogen and oxygen atoms in total. The molecule has 80 valence electrons. The number of carbonyl (C=O) groups is 1. The molecule has 2 N–H and O–H groups in total. The quantitative estimate of drug-likeness (QED) is 0.684. The fourth-order valence-corrected chi connectivity index (χ4v) is 2.78. The maximum Gasteiger partial charge on any atom is 0.223 e. The van der Waals surface area contributed by atoms with E-state index in [1.165, 1.54) is 0 Å². The molecule has 3 atom stereocenters. The van der Waals surface area contributed by atoms with Gasteiger partial charge in [-0.05, 0) is 51.6 Å². The SMILES string of the molecule is CC(C)NC(=O)C1C[C@H]2CNC[C@H]2C1. The first kappa shape index (κ1) is 9.97. The van der Waals surface area contributed by atoms with Gasteiger partial charge in [0.05, 0.1) is 0 Å². The summed E-state index contributed by atoms with van der Waals surface area (Å²) in [5.74, 6) is 2.08. The lowest BCUT2D eigenvalue weighted by molar-refractivity contribution is -0.125. The molecule has 0 radical (unpaired) electrons. The molecular weight excluding hydrogens is 176 g/mol. The predicted molar refractivity (Wildman–Crippen MR) is 55.9 cm³/mol. The Morgan fingerprint density at radius 2 is 1.86 bits per heavy atom. The third-order valence-electron chi connectivity index (χ3n) is 3.46. The summed E-state index contributed by atoms with van der Waals surface area (Å²) in [6.45, 7) is 6.29. The van der Waals surface area contributed by atoms with Crippen molar-refractivity contribution in [1.29, 1.82) is 0 Å². The minimum absolute atomic E-state index is 0.273. The van der Waals surface area contributed by atoms with Gasteiger partial charge in [-0.2, -0.15) is 0 Å². The molecular formula is C11H20N2O. The molecule has 2 rings (SSSR count). The van der Waals surface area contributed by atoms with Crippen LogP contribution in [0.25, 0.3) is 0 Å². The Balaban J connectivity index is 1.86. The third kappa shape index (κ3) is 1.92. The summed E-state index contributed by atoms with van der Waals surface area (Å²) in [6.07, 6.45) is 2.19. The average molecular weight is 196 g/mol. The number of carbonyl (C=O) groups excluding carboxylic acids is 1. The van der Waals surface area contributed by atoms with Gasteiger partial charge in [0.25, 0.3) is 0 Å². The Kier molecular flexibility index (Phi) is 2.77. The van der Waals surface area contributed by atoms with Crippen molar-refractivity contribution in [3.8, 4) is 0 Å². The highest BCUT2D eigenvalue weighted by molar-refractivity contribution is 5.79. The maximum absolute atomic E-state index is 11.8. The molecule has 3 heteroatoms. The number of nitrogens with one attached hydrogen (secondary N) is 2.